The van der Waals surface area contributed by atoms with Gasteiger partial charge in [-0.1, -0.05) is 0 Å². The molecule has 0 saturated heterocycles. The third-order valence-electron chi connectivity index (χ3n) is 2.61. The Morgan fingerprint density at radius 3 is 2.81 bits per heavy atom. The zero-order valence-electron chi connectivity index (χ0n) is 8.64. The molecule has 1 N–H and O–H groups in total. The van der Waals surface area contributed by atoms with Crippen LogP contribution in [0.3, 0.4) is 0 Å². The van der Waals surface area contributed by atoms with Crippen LogP contribution in [0.15, 0.2) is 24.3 Å². The van der Waals surface area contributed by atoms with Crippen molar-refractivity contribution in [2.45, 2.75) is 13.0 Å². The summed E-state index contributed by atoms with van der Waals surface area (Å²) in [5.74, 6) is 0.286. The second kappa shape index (κ2) is 3.88. The van der Waals surface area contributed by atoms with Gasteiger partial charge in [0.1, 0.15) is 10.8 Å². The van der Waals surface area contributed by atoms with E-state index in [2.05, 4.69) is 4.98 Å². The van der Waals surface area contributed by atoms with E-state index in [-0.39, 0.29) is 5.75 Å². The lowest BCUT2D eigenvalue weighted by atomic mass is 10.2. The molecule has 2 aromatic rings. The van der Waals surface area contributed by atoms with E-state index in [0.29, 0.717) is 6.61 Å². The standard InChI is InChI=1S/C12H11NO2S/c14-9-3-1-8(2-4-9)12-13-10-5-6-15-7-11(10)16-12/h1-4,14H,5-7H2. The summed E-state index contributed by atoms with van der Waals surface area (Å²) in [6, 6.07) is 7.15. The Balaban J connectivity index is 2.00. The Morgan fingerprint density at radius 1 is 1.25 bits per heavy atom. The molecule has 0 bridgehead atoms. The smallest absolute Gasteiger partial charge is 0.123 e. The van der Waals surface area contributed by atoms with Crippen molar-refractivity contribution in [3.63, 3.8) is 0 Å². The molecular weight excluding hydrogens is 222 g/mol. The van der Waals surface area contributed by atoms with Gasteiger partial charge in [-0.2, -0.15) is 0 Å². The van der Waals surface area contributed by atoms with Gasteiger partial charge in [0.25, 0.3) is 0 Å². The number of aromatic hydroxyl groups is 1. The second-order valence-electron chi connectivity index (χ2n) is 3.74. The minimum atomic E-state index is 0.286. The molecule has 0 amide bonds. The SMILES string of the molecule is Oc1ccc(-c2nc3c(s2)COCC3)cc1. The first-order chi connectivity index (χ1) is 7.83. The van der Waals surface area contributed by atoms with Crippen LogP contribution in [0.1, 0.15) is 10.6 Å². The van der Waals surface area contributed by atoms with Crippen LogP contribution in [0, 0.1) is 0 Å². The second-order valence-corrected chi connectivity index (χ2v) is 4.82. The predicted octanol–water partition coefficient (Wildman–Crippen LogP) is 2.59. The minimum Gasteiger partial charge on any atom is -0.508 e. The molecule has 2 heterocycles. The van der Waals surface area contributed by atoms with Crippen molar-refractivity contribution in [2.75, 3.05) is 6.61 Å². The Bertz CT molecular complexity index is 481. The van der Waals surface area contributed by atoms with E-state index >= 15 is 0 Å². The number of aromatic nitrogens is 1. The van der Waals surface area contributed by atoms with Crippen LogP contribution >= 0.6 is 11.3 Å². The summed E-state index contributed by atoms with van der Waals surface area (Å²) in [5.41, 5.74) is 2.22. The molecule has 0 aliphatic carbocycles. The summed E-state index contributed by atoms with van der Waals surface area (Å²) in [6.07, 6.45) is 0.907. The van der Waals surface area contributed by atoms with Crippen molar-refractivity contribution < 1.29 is 9.84 Å². The van der Waals surface area contributed by atoms with Crippen LogP contribution in [0.25, 0.3) is 10.6 Å². The Morgan fingerprint density at radius 2 is 2.06 bits per heavy atom. The number of rotatable bonds is 1. The molecule has 1 aliphatic heterocycles. The van der Waals surface area contributed by atoms with Gasteiger partial charge in [-0.3, -0.25) is 0 Å². The number of ether oxygens (including phenoxy) is 1. The number of benzene rings is 1. The van der Waals surface area contributed by atoms with E-state index in [4.69, 9.17) is 4.74 Å². The van der Waals surface area contributed by atoms with Crippen LogP contribution in [0.4, 0.5) is 0 Å². The average molecular weight is 233 g/mol. The van der Waals surface area contributed by atoms with Gasteiger partial charge in [-0.25, -0.2) is 4.98 Å². The highest BCUT2D eigenvalue weighted by Crippen LogP contribution is 2.31. The lowest BCUT2D eigenvalue weighted by molar-refractivity contribution is 0.112. The van der Waals surface area contributed by atoms with Crippen LogP contribution in [-0.4, -0.2) is 16.7 Å². The van der Waals surface area contributed by atoms with Gasteiger partial charge < -0.3 is 9.84 Å². The molecule has 0 saturated carbocycles. The maximum Gasteiger partial charge on any atom is 0.123 e. The first-order valence-corrected chi connectivity index (χ1v) is 6.00. The fourth-order valence-electron chi connectivity index (χ4n) is 1.75. The fraction of sp³-hybridized carbons (Fsp3) is 0.250. The highest BCUT2D eigenvalue weighted by Gasteiger charge is 2.16. The van der Waals surface area contributed by atoms with E-state index in [1.54, 1.807) is 23.5 Å². The van der Waals surface area contributed by atoms with Gasteiger partial charge in [-0.05, 0) is 24.3 Å². The van der Waals surface area contributed by atoms with Gasteiger partial charge in [0, 0.05) is 12.0 Å². The number of phenols is 1. The molecule has 0 unspecified atom stereocenters. The quantitative estimate of drug-likeness (QED) is 0.823. The maximum absolute atomic E-state index is 9.23. The maximum atomic E-state index is 9.23. The third-order valence-corrected chi connectivity index (χ3v) is 3.73. The first kappa shape index (κ1) is 9.81. The van der Waals surface area contributed by atoms with Gasteiger partial charge >= 0.3 is 0 Å². The summed E-state index contributed by atoms with van der Waals surface area (Å²) in [7, 11) is 0. The molecule has 1 aromatic heterocycles. The largest absolute Gasteiger partial charge is 0.508 e. The number of fused-ring (bicyclic) bond motifs is 1. The highest BCUT2D eigenvalue weighted by molar-refractivity contribution is 7.15. The topological polar surface area (TPSA) is 42.4 Å². The molecule has 1 aromatic carbocycles. The number of thiazole rings is 1. The molecule has 1 aliphatic rings. The van der Waals surface area contributed by atoms with Crippen LogP contribution < -0.4 is 0 Å². The van der Waals surface area contributed by atoms with Crippen molar-refractivity contribution >= 4 is 11.3 Å². The van der Waals surface area contributed by atoms with E-state index in [1.807, 2.05) is 12.1 Å². The summed E-state index contributed by atoms with van der Waals surface area (Å²) in [6.45, 7) is 1.46. The van der Waals surface area contributed by atoms with Crippen molar-refractivity contribution in [3.05, 3.63) is 34.8 Å². The zero-order valence-corrected chi connectivity index (χ0v) is 9.46. The Labute approximate surface area is 97.3 Å². The highest BCUT2D eigenvalue weighted by atomic mass is 32.1. The van der Waals surface area contributed by atoms with E-state index < -0.39 is 0 Å². The molecule has 0 atom stereocenters. The molecule has 3 nitrogen and oxygen atoms in total. The summed E-state index contributed by atoms with van der Waals surface area (Å²) in [5, 5.41) is 10.2. The first-order valence-electron chi connectivity index (χ1n) is 5.18. The van der Waals surface area contributed by atoms with Gasteiger partial charge in [0.15, 0.2) is 0 Å². The van der Waals surface area contributed by atoms with Crippen LogP contribution in [0.5, 0.6) is 5.75 Å². The van der Waals surface area contributed by atoms with Gasteiger partial charge in [0.05, 0.1) is 23.8 Å². The molecule has 16 heavy (non-hydrogen) atoms. The number of nitrogens with zero attached hydrogens (tertiary/aromatic N) is 1. The number of phenolic OH excluding ortho intramolecular Hbond substituents is 1. The molecule has 0 radical (unpaired) electrons. The van der Waals surface area contributed by atoms with E-state index in [1.165, 1.54) is 10.6 Å². The van der Waals surface area contributed by atoms with Crippen LogP contribution in [0.2, 0.25) is 0 Å². The van der Waals surface area contributed by atoms with Gasteiger partial charge in [0.2, 0.25) is 0 Å². The molecule has 0 fully saturated rings. The zero-order chi connectivity index (χ0) is 11.0. The number of hydrogen-bond acceptors (Lipinski definition) is 4. The summed E-state index contributed by atoms with van der Waals surface area (Å²) < 4.78 is 5.39. The lowest BCUT2D eigenvalue weighted by Gasteiger charge is -2.08. The number of hydrogen-bond donors (Lipinski definition) is 1. The molecular formula is C12H11NO2S. The molecule has 3 rings (SSSR count). The fourth-order valence-corrected chi connectivity index (χ4v) is 2.80. The van der Waals surface area contributed by atoms with E-state index in [9.17, 15) is 5.11 Å². The van der Waals surface area contributed by atoms with Crippen molar-refractivity contribution in [2.24, 2.45) is 0 Å². The molecule has 82 valence electrons. The monoisotopic (exact) mass is 233 g/mol. The summed E-state index contributed by atoms with van der Waals surface area (Å²) >= 11 is 1.68. The van der Waals surface area contributed by atoms with Gasteiger partial charge in [-0.15, -0.1) is 11.3 Å². The lowest BCUT2D eigenvalue weighted by Crippen LogP contribution is -2.07. The summed E-state index contributed by atoms with van der Waals surface area (Å²) in [4.78, 5) is 5.84. The average Bonchev–Trinajstić information content (AvgIpc) is 2.73. The molecule has 0 spiro atoms. The van der Waals surface area contributed by atoms with Crippen molar-refractivity contribution in [1.82, 2.24) is 4.98 Å². The third kappa shape index (κ3) is 1.70. The predicted molar refractivity (Wildman–Crippen MR) is 62.6 cm³/mol. The Hall–Kier alpha value is -1.39. The Kier molecular flexibility index (Phi) is 2.38. The normalized spacial score (nSPS) is 14.8. The van der Waals surface area contributed by atoms with Crippen molar-refractivity contribution in [3.8, 4) is 16.3 Å². The van der Waals surface area contributed by atoms with Crippen LogP contribution in [-0.2, 0) is 17.8 Å². The molecule has 4 heteroatoms. The minimum absolute atomic E-state index is 0.286. The van der Waals surface area contributed by atoms with Crippen molar-refractivity contribution in [1.29, 1.82) is 0 Å². The van der Waals surface area contributed by atoms with E-state index in [0.717, 1.165) is 23.6 Å².